The molecule has 0 radical (unpaired) electrons. The van der Waals surface area contributed by atoms with Crippen LogP contribution in [0.15, 0.2) is 24.3 Å². The molecule has 0 N–H and O–H groups in total. The second-order valence-corrected chi connectivity index (χ2v) is 7.51. The summed E-state index contributed by atoms with van der Waals surface area (Å²) in [5, 5.41) is 0. The monoisotopic (exact) mass is 408 g/mol. The molecule has 1 aromatic rings. The number of rotatable bonds is 17. The van der Waals surface area contributed by atoms with E-state index in [9.17, 15) is 14.0 Å². The highest BCUT2D eigenvalue weighted by Crippen LogP contribution is 2.16. The van der Waals surface area contributed by atoms with Crippen molar-refractivity contribution in [3.63, 3.8) is 0 Å². The SMILES string of the molecule is CCCCCCCCCCCCOC(=O)CCCCC(=O)Oc1ccccc1F. The van der Waals surface area contributed by atoms with Crippen molar-refractivity contribution in [1.29, 1.82) is 0 Å². The fourth-order valence-electron chi connectivity index (χ4n) is 3.09. The van der Waals surface area contributed by atoms with Crippen molar-refractivity contribution in [3.8, 4) is 5.75 Å². The molecule has 0 saturated heterocycles. The van der Waals surface area contributed by atoms with Gasteiger partial charge in [0.05, 0.1) is 6.61 Å². The number of ether oxygens (including phenoxy) is 2. The fourth-order valence-corrected chi connectivity index (χ4v) is 3.09. The van der Waals surface area contributed by atoms with E-state index in [4.69, 9.17) is 9.47 Å². The van der Waals surface area contributed by atoms with Crippen molar-refractivity contribution in [2.24, 2.45) is 0 Å². The number of benzene rings is 1. The van der Waals surface area contributed by atoms with Crippen LogP contribution in [0.5, 0.6) is 5.75 Å². The van der Waals surface area contributed by atoms with Crippen LogP contribution in [-0.4, -0.2) is 18.5 Å². The predicted molar refractivity (Wildman–Crippen MR) is 113 cm³/mol. The molecule has 0 aliphatic heterocycles. The van der Waals surface area contributed by atoms with Gasteiger partial charge in [-0.1, -0.05) is 76.8 Å². The van der Waals surface area contributed by atoms with E-state index in [1.807, 2.05) is 0 Å². The molecule has 0 amide bonds. The summed E-state index contributed by atoms with van der Waals surface area (Å²) in [6.45, 7) is 2.71. The maximum absolute atomic E-state index is 13.4. The topological polar surface area (TPSA) is 52.6 Å². The van der Waals surface area contributed by atoms with Crippen LogP contribution in [0.1, 0.15) is 96.8 Å². The number of esters is 2. The molecule has 1 rings (SSSR count). The number of hydrogen-bond acceptors (Lipinski definition) is 4. The average Bonchev–Trinajstić information content (AvgIpc) is 2.71. The van der Waals surface area contributed by atoms with E-state index >= 15 is 0 Å². The van der Waals surface area contributed by atoms with Crippen molar-refractivity contribution in [1.82, 2.24) is 0 Å². The van der Waals surface area contributed by atoms with E-state index in [-0.39, 0.29) is 18.1 Å². The molecular weight excluding hydrogens is 371 g/mol. The number of carbonyl (C=O) groups excluding carboxylic acids is 2. The Labute approximate surface area is 175 Å². The van der Waals surface area contributed by atoms with E-state index < -0.39 is 11.8 Å². The Morgan fingerprint density at radius 1 is 0.759 bits per heavy atom. The van der Waals surface area contributed by atoms with Gasteiger partial charge in [-0.15, -0.1) is 0 Å². The predicted octanol–water partition coefficient (Wildman–Crippen LogP) is 6.76. The summed E-state index contributed by atoms with van der Waals surface area (Å²) in [5.41, 5.74) is 0. The van der Waals surface area contributed by atoms with Crippen LogP contribution in [-0.2, 0) is 14.3 Å². The highest BCUT2D eigenvalue weighted by Gasteiger charge is 2.09. The molecule has 0 aliphatic carbocycles. The van der Waals surface area contributed by atoms with Gasteiger partial charge >= 0.3 is 11.9 Å². The van der Waals surface area contributed by atoms with Crippen LogP contribution >= 0.6 is 0 Å². The average molecular weight is 409 g/mol. The Morgan fingerprint density at radius 3 is 1.93 bits per heavy atom. The Morgan fingerprint density at radius 2 is 1.31 bits per heavy atom. The summed E-state index contributed by atoms with van der Waals surface area (Å²) in [6, 6.07) is 5.80. The molecule has 29 heavy (non-hydrogen) atoms. The molecule has 0 heterocycles. The molecule has 1 aromatic carbocycles. The second-order valence-electron chi connectivity index (χ2n) is 7.51. The van der Waals surface area contributed by atoms with Crippen LogP contribution in [0.4, 0.5) is 4.39 Å². The highest BCUT2D eigenvalue weighted by atomic mass is 19.1. The van der Waals surface area contributed by atoms with Crippen molar-refractivity contribution >= 4 is 11.9 Å². The molecular formula is C24H37FO4. The Bertz CT molecular complexity index is 574. The number of hydrogen-bond donors (Lipinski definition) is 0. The quantitative estimate of drug-likeness (QED) is 0.162. The minimum absolute atomic E-state index is 0.0617. The lowest BCUT2D eigenvalue weighted by molar-refractivity contribution is -0.144. The zero-order valence-electron chi connectivity index (χ0n) is 17.9. The van der Waals surface area contributed by atoms with E-state index in [0.29, 0.717) is 25.9 Å². The molecule has 164 valence electrons. The zero-order valence-corrected chi connectivity index (χ0v) is 17.9. The lowest BCUT2D eigenvalue weighted by atomic mass is 10.1. The van der Waals surface area contributed by atoms with Gasteiger partial charge in [-0.3, -0.25) is 9.59 Å². The minimum atomic E-state index is -0.559. The van der Waals surface area contributed by atoms with Gasteiger partial charge in [0.1, 0.15) is 0 Å². The fraction of sp³-hybridized carbons (Fsp3) is 0.667. The van der Waals surface area contributed by atoms with Crippen molar-refractivity contribution in [2.45, 2.75) is 96.8 Å². The zero-order chi connectivity index (χ0) is 21.2. The van der Waals surface area contributed by atoms with Gasteiger partial charge < -0.3 is 9.47 Å². The molecule has 0 fully saturated rings. The molecule has 0 aromatic heterocycles. The number of carbonyl (C=O) groups is 2. The first-order valence-corrected chi connectivity index (χ1v) is 11.2. The summed E-state index contributed by atoms with van der Waals surface area (Å²) in [4.78, 5) is 23.4. The van der Waals surface area contributed by atoms with Gasteiger partial charge in [0.15, 0.2) is 11.6 Å². The Kier molecular flexibility index (Phi) is 14.7. The van der Waals surface area contributed by atoms with E-state index in [2.05, 4.69) is 6.92 Å². The smallest absolute Gasteiger partial charge is 0.311 e. The van der Waals surface area contributed by atoms with Gasteiger partial charge in [-0.25, -0.2) is 4.39 Å². The van der Waals surface area contributed by atoms with Gasteiger partial charge in [0, 0.05) is 12.8 Å². The standard InChI is InChI=1S/C24H37FO4/c1-2-3-4-5-6-7-8-9-10-15-20-28-23(26)18-13-14-19-24(27)29-22-17-12-11-16-21(22)25/h11-12,16-17H,2-10,13-15,18-20H2,1H3. The van der Waals surface area contributed by atoms with Gasteiger partial charge in [0.25, 0.3) is 0 Å². The Balaban J connectivity index is 1.90. The van der Waals surface area contributed by atoms with E-state index in [0.717, 1.165) is 12.8 Å². The number of para-hydroxylation sites is 1. The summed E-state index contributed by atoms with van der Waals surface area (Å²) in [6.07, 6.45) is 14.0. The Hall–Kier alpha value is -1.91. The third-order valence-electron chi connectivity index (χ3n) is 4.83. The lowest BCUT2D eigenvalue weighted by Crippen LogP contribution is -2.10. The molecule has 0 spiro atoms. The number of halogens is 1. The van der Waals surface area contributed by atoms with Crippen LogP contribution in [0.3, 0.4) is 0 Å². The molecule has 4 nitrogen and oxygen atoms in total. The first-order chi connectivity index (χ1) is 14.1. The van der Waals surface area contributed by atoms with Gasteiger partial charge in [0.2, 0.25) is 0 Å². The van der Waals surface area contributed by atoms with E-state index in [1.54, 1.807) is 6.07 Å². The molecule has 0 unspecified atom stereocenters. The first-order valence-electron chi connectivity index (χ1n) is 11.2. The van der Waals surface area contributed by atoms with Crippen LogP contribution in [0.2, 0.25) is 0 Å². The molecule has 0 atom stereocenters. The normalized spacial score (nSPS) is 10.7. The second kappa shape index (κ2) is 17.0. The van der Waals surface area contributed by atoms with E-state index in [1.165, 1.54) is 69.6 Å². The van der Waals surface area contributed by atoms with Crippen molar-refractivity contribution in [2.75, 3.05) is 6.61 Å². The minimum Gasteiger partial charge on any atom is -0.466 e. The summed E-state index contributed by atoms with van der Waals surface area (Å²) < 4.78 is 23.6. The third-order valence-corrected chi connectivity index (χ3v) is 4.83. The molecule has 0 aliphatic rings. The molecule has 0 saturated carbocycles. The lowest BCUT2D eigenvalue weighted by Gasteiger charge is -2.06. The first kappa shape index (κ1) is 25.1. The highest BCUT2D eigenvalue weighted by molar-refractivity contribution is 5.72. The van der Waals surface area contributed by atoms with Gasteiger partial charge in [-0.2, -0.15) is 0 Å². The summed E-state index contributed by atoms with van der Waals surface area (Å²) in [7, 11) is 0. The van der Waals surface area contributed by atoms with Crippen molar-refractivity contribution < 1.29 is 23.5 Å². The summed E-state index contributed by atoms with van der Waals surface area (Å²) in [5.74, 6) is -1.33. The number of unbranched alkanes of at least 4 members (excludes halogenated alkanes) is 10. The summed E-state index contributed by atoms with van der Waals surface area (Å²) >= 11 is 0. The molecule has 5 heteroatoms. The largest absolute Gasteiger partial charge is 0.466 e. The molecule has 0 bridgehead atoms. The maximum atomic E-state index is 13.4. The van der Waals surface area contributed by atoms with Crippen LogP contribution < -0.4 is 4.74 Å². The third kappa shape index (κ3) is 13.8. The van der Waals surface area contributed by atoms with Crippen LogP contribution in [0, 0.1) is 5.82 Å². The maximum Gasteiger partial charge on any atom is 0.311 e. The van der Waals surface area contributed by atoms with Crippen LogP contribution in [0.25, 0.3) is 0 Å². The van der Waals surface area contributed by atoms with Crippen molar-refractivity contribution in [3.05, 3.63) is 30.1 Å². The van der Waals surface area contributed by atoms with Gasteiger partial charge in [-0.05, 0) is 31.4 Å².